The number of nitrogens with one attached hydrogen (secondary N) is 1. The minimum Gasteiger partial charge on any atom is -0.289 e. The number of nitrogens with zero attached hydrogens (tertiary/aromatic N) is 3. The second kappa shape index (κ2) is 9.11. The van der Waals surface area contributed by atoms with Gasteiger partial charge in [0.25, 0.3) is 0 Å². The predicted molar refractivity (Wildman–Crippen MR) is 111 cm³/mol. The summed E-state index contributed by atoms with van der Waals surface area (Å²) in [6.07, 6.45) is 7.91. The average molecular weight is 390 g/mol. The lowest BCUT2D eigenvalue weighted by Crippen LogP contribution is -2.33. The van der Waals surface area contributed by atoms with Gasteiger partial charge >= 0.3 is 0 Å². The standard InChI is InChI=1S/C23H26N4O2/c28-22(26-29)11-5-15-27(21-10-3-7-18-8-4-13-25-23(18)21)16-20-19-9-2-1-6-17(19)12-14-24-20/h1-2,4,6,8-9,12-14,21,29H,3,5,7,10-11,15-16H2,(H,26,28)/t21-/m0/s1. The Morgan fingerprint density at radius 2 is 2.03 bits per heavy atom. The highest BCUT2D eigenvalue weighted by molar-refractivity contribution is 5.84. The number of rotatable bonds is 7. The summed E-state index contributed by atoms with van der Waals surface area (Å²) in [6, 6.07) is 14.7. The Hall–Kier alpha value is -2.83. The number of hydrogen-bond acceptors (Lipinski definition) is 5. The largest absolute Gasteiger partial charge is 0.289 e. The number of aromatic nitrogens is 2. The second-order valence-corrected chi connectivity index (χ2v) is 7.54. The van der Waals surface area contributed by atoms with Crippen molar-refractivity contribution in [2.24, 2.45) is 0 Å². The molecular formula is C23H26N4O2. The molecule has 2 aromatic heterocycles. The first-order valence-corrected chi connectivity index (χ1v) is 10.2. The minimum absolute atomic E-state index is 0.206. The lowest BCUT2D eigenvalue weighted by Gasteiger charge is -2.35. The maximum Gasteiger partial charge on any atom is 0.243 e. The van der Waals surface area contributed by atoms with Gasteiger partial charge in [0.1, 0.15) is 0 Å². The van der Waals surface area contributed by atoms with Crippen molar-refractivity contribution < 1.29 is 10.0 Å². The number of hydrogen-bond donors (Lipinski definition) is 2. The smallest absolute Gasteiger partial charge is 0.243 e. The highest BCUT2D eigenvalue weighted by atomic mass is 16.5. The van der Waals surface area contributed by atoms with Crippen molar-refractivity contribution in [3.05, 3.63) is 71.8 Å². The molecule has 29 heavy (non-hydrogen) atoms. The Morgan fingerprint density at radius 1 is 1.14 bits per heavy atom. The third-order valence-corrected chi connectivity index (χ3v) is 5.69. The molecule has 0 saturated carbocycles. The van der Waals surface area contributed by atoms with E-state index in [-0.39, 0.29) is 18.4 Å². The van der Waals surface area contributed by atoms with E-state index in [1.54, 1.807) is 5.48 Å². The number of amides is 1. The third-order valence-electron chi connectivity index (χ3n) is 5.69. The van der Waals surface area contributed by atoms with E-state index in [2.05, 4.69) is 28.1 Å². The number of hydroxylamine groups is 1. The number of fused-ring (bicyclic) bond motifs is 2. The molecule has 1 aliphatic carbocycles. The molecule has 1 atom stereocenters. The van der Waals surface area contributed by atoms with Gasteiger partial charge in [-0.1, -0.05) is 30.3 Å². The summed E-state index contributed by atoms with van der Waals surface area (Å²) in [7, 11) is 0. The Labute approximate surface area is 170 Å². The normalized spacial score (nSPS) is 16.0. The summed E-state index contributed by atoms with van der Waals surface area (Å²) in [5.41, 5.74) is 5.22. The highest BCUT2D eigenvalue weighted by Crippen LogP contribution is 2.34. The van der Waals surface area contributed by atoms with Gasteiger partial charge in [0, 0.05) is 30.7 Å². The van der Waals surface area contributed by atoms with Crippen molar-refractivity contribution in [1.82, 2.24) is 20.3 Å². The molecule has 0 saturated heterocycles. The molecule has 6 nitrogen and oxygen atoms in total. The highest BCUT2D eigenvalue weighted by Gasteiger charge is 2.27. The first kappa shape index (κ1) is 19.5. The fraction of sp³-hybridized carbons (Fsp3) is 0.348. The van der Waals surface area contributed by atoms with Crippen molar-refractivity contribution in [2.45, 2.75) is 44.7 Å². The van der Waals surface area contributed by atoms with E-state index in [4.69, 9.17) is 10.2 Å². The Bertz CT molecular complexity index is 986. The fourth-order valence-electron chi connectivity index (χ4n) is 4.28. The van der Waals surface area contributed by atoms with Crippen LogP contribution in [0, 0.1) is 0 Å². The fourth-order valence-corrected chi connectivity index (χ4v) is 4.28. The van der Waals surface area contributed by atoms with Gasteiger partial charge in [0.2, 0.25) is 5.91 Å². The molecule has 0 fully saturated rings. The van der Waals surface area contributed by atoms with Crippen LogP contribution in [0.4, 0.5) is 0 Å². The van der Waals surface area contributed by atoms with Crippen LogP contribution in [0.25, 0.3) is 10.8 Å². The van der Waals surface area contributed by atoms with Crippen molar-refractivity contribution in [3.63, 3.8) is 0 Å². The van der Waals surface area contributed by atoms with Crippen LogP contribution in [0.3, 0.4) is 0 Å². The van der Waals surface area contributed by atoms with E-state index < -0.39 is 0 Å². The van der Waals surface area contributed by atoms with E-state index in [0.29, 0.717) is 13.0 Å². The van der Waals surface area contributed by atoms with Crippen molar-refractivity contribution >= 4 is 16.7 Å². The topological polar surface area (TPSA) is 78.4 Å². The van der Waals surface area contributed by atoms with Crippen LogP contribution in [0.15, 0.2) is 54.9 Å². The summed E-state index contributed by atoms with van der Waals surface area (Å²) in [5, 5.41) is 11.1. The molecule has 0 bridgehead atoms. The maximum absolute atomic E-state index is 11.5. The number of aryl methyl sites for hydroxylation is 1. The summed E-state index contributed by atoms with van der Waals surface area (Å²) in [6.45, 7) is 1.43. The van der Waals surface area contributed by atoms with Crippen LogP contribution >= 0.6 is 0 Å². The van der Waals surface area contributed by atoms with Crippen LogP contribution in [-0.2, 0) is 17.8 Å². The number of pyridine rings is 2. The van der Waals surface area contributed by atoms with Gasteiger partial charge in [0.15, 0.2) is 0 Å². The molecule has 4 rings (SSSR count). The van der Waals surface area contributed by atoms with Crippen LogP contribution in [-0.4, -0.2) is 32.5 Å². The minimum atomic E-state index is -0.351. The van der Waals surface area contributed by atoms with Gasteiger partial charge in [-0.15, -0.1) is 0 Å². The molecule has 0 aliphatic heterocycles. The average Bonchev–Trinajstić information content (AvgIpc) is 2.78. The quantitative estimate of drug-likeness (QED) is 0.474. The van der Waals surface area contributed by atoms with Crippen molar-refractivity contribution in [3.8, 4) is 0 Å². The van der Waals surface area contributed by atoms with E-state index >= 15 is 0 Å². The molecule has 6 heteroatoms. The van der Waals surface area contributed by atoms with E-state index in [1.807, 2.05) is 36.7 Å². The number of benzene rings is 1. The molecule has 2 N–H and O–H groups in total. The van der Waals surface area contributed by atoms with Gasteiger partial charge < -0.3 is 0 Å². The molecule has 1 aliphatic rings. The molecule has 150 valence electrons. The van der Waals surface area contributed by atoms with Gasteiger partial charge in [-0.3, -0.25) is 24.9 Å². The third kappa shape index (κ3) is 4.44. The van der Waals surface area contributed by atoms with Gasteiger partial charge in [-0.05, 0) is 55.3 Å². The summed E-state index contributed by atoms with van der Waals surface area (Å²) in [5.74, 6) is -0.351. The Morgan fingerprint density at radius 3 is 2.93 bits per heavy atom. The maximum atomic E-state index is 11.5. The monoisotopic (exact) mass is 390 g/mol. The van der Waals surface area contributed by atoms with Gasteiger partial charge in [-0.2, -0.15) is 0 Å². The second-order valence-electron chi connectivity index (χ2n) is 7.54. The van der Waals surface area contributed by atoms with Gasteiger partial charge in [-0.25, -0.2) is 5.48 Å². The molecule has 2 heterocycles. The van der Waals surface area contributed by atoms with Crippen LogP contribution in [0.2, 0.25) is 0 Å². The molecule has 0 spiro atoms. The first-order valence-electron chi connectivity index (χ1n) is 10.2. The van der Waals surface area contributed by atoms with Crippen LogP contribution < -0.4 is 5.48 Å². The summed E-state index contributed by atoms with van der Waals surface area (Å²) >= 11 is 0. The van der Waals surface area contributed by atoms with E-state index in [0.717, 1.165) is 42.6 Å². The molecule has 3 aromatic rings. The summed E-state index contributed by atoms with van der Waals surface area (Å²) in [4.78, 5) is 23.3. The zero-order chi connectivity index (χ0) is 20.1. The SMILES string of the molecule is O=C(CCCN(Cc1nccc2ccccc12)[C@H]1CCCc2cccnc21)NO. The van der Waals surface area contributed by atoms with Crippen LogP contribution in [0.5, 0.6) is 0 Å². The Kier molecular flexibility index (Phi) is 6.12. The predicted octanol–water partition coefficient (Wildman–Crippen LogP) is 3.80. The van der Waals surface area contributed by atoms with E-state index in [1.165, 1.54) is 10.9 Å². The first-order chi connectivity index (χ1) is 14.3. The zero-order valence-corrected chi connectivity index (χ0v) is 16.4. The molecule has 1 aromatic carbocycles. The van der Waals surface area contributed by atoms with Crippen LogP contribution in [0.1, 0.15) is 48.7 Å². The number of carbonyl (C=O) groups is 1. The number of carbonyl (C=O) groups excluding carboxylic acids is 1. The summed E-state index contributed by atoms with van der Waals surface area (Å²) < 4.78 is 0. The Balaban J connectivity index is 1.63. The lowest BCUT2D eigenvalue weighted by atomic mass is 9.90. The molecule has 0 radical (unpaired) electrons. The zero-order valence-electron chi connectivity index (χ0n) is 16.4. The van der Waals surface area contributed by atoms with E-state index in [9.17, 15) is 4.79 Å². The molecule has 0 unspecified atom stereocenters. The molecule has 1 amide bonds. The van der Waals surface area contributed by atoms with Gasteiger partial charge in [0.05, 0.1) is 17.4 Å². The lowest BCUT2D eigenvalue weighted by molar-refractivity contribution is -0.129. The van der Waals surface area contributed by atoms with Crippen molar-refractivity contribution in [2.75, 3.05) is 6.54 Å². The molecular weight excluding hydrogens is 364 g/mol. The van der Waals surface area contributed by atoms with Crippen molar-refractivity contribution in [1.29, 1.82) is 0 Å².